The van der Waals surface area contributed by atoms with Crippen LogP contribution in [0.4, 0.5) is 26.3 Å². The molecule has 1 fully saturated rings. The molecule has 6 aromatic rings. The molecular weight excluding hydrogens is 1090 g/mol. The number of phenolic OH excluding ortho intramolecular Hbond substituents is 1. The second-order valence-electron chi connectivity index (χ2n) is 19.4. The summed E-state index contributed by atoms with van der Waals surface area (Å²) in [5.41, 5.74) is 3.29. The largest absolute Gasteiger partial charge is 0.743 e. The summed E-state index contributed by atoms with van der Waals surface area (Å²) >= 11 is 0. The van der Waals surface area contributed by atoms with E-state index in [1.54, 1.807) is 19.1 Å². The number of hydrogen-bond donors (Lipinski definition) is 1. The lowest BCUT2D eigenvalue weighted by molar-refractivity contribution is -0.247. The van der Waals surface area contributed by atoms with E-state index in [1.807, 2.05) is 26.0 Å². The summed E-state index contributed by atoms with van der Waals surface area (Å²) in [5.74, 6) is -4.72. The van der Waals surface area contributed by atoms with E-state index < -0.39 is 42.4 Å². The molecule has 9 nitrogen and oxygen atoms in total. The molecule has 1 aliphatic rings. The van der Waals surface area contributed by atoms with E-state index in [2.05, 4.69) is 147 Å². The van der Waals surface area contributed by atoms with Crippen molar-refractivity contribution >= 4 is 31.1 Å². The summed E-state index contributed by atoms with van der Waals surface area (Å²) in [7, 11) is -14.2. The lowest BCUT2D eigenvalue weighted by Gasteiger charge is -2.32. The van der Waals surface area contributed by atoms with Gasteiger partial charge in [-0.15, -0.1) is 0 Å². The number of ether oxygens (including phenoxy) is 2. The number of phenols is 1. The predicted molar refractivity (Wildman–Crippen MR) is 300 cm³/mol. The van der Waals surface area contributed by atoms with Gasteiger partial charge in [0.05, 0.1) is 17.5 Å². The maximum atomic E-state index is 13.6. The first kappa shape index (κ1) is 66.0. The molecule has 0 aliphatic heterocycles. The van der Waals surface area contributed by atoms with Gasteiger partial charge >= 0.3 is 26.5 Å². The Labute approximate surface area is 467 Å². The Kier molecular flexibility index (Phi) is 25.8. The molecule has 7 rings (SSSR count). The van der Waals surface area contributed by atoms with E-state index in [9.17, 15) is 47.7 Å². The maximum absolute atomic E-state index is 13.6. The van der Waals surface area contributed by atoms with Gasteiger partial charge in [0.15, 0.2) is 31.1 Å². The molecule has 0 aromatic heterocycles. The molecule has 0 saturated heterocycles. The van der Waals surface area contributed by atoms with Gasteiger partial charge in [-0.05, 0) is 146 Å². The van der Waals surface area contributed by atoms with Gasteiger partial charge in [-0.25, -0.2) is 8.42 Å². The van der Waals surface area contributed by atoms with Crippen LogP contribution >= 0.6 is 0 Å². The Balaban J connectivity index is 0.000000235. The molecule has 4 unspecified atom stereocenters. The highest BCUT2D eigenvalue weighted by Gasteiger charge is 2.81. The van der Waals surface area contributed by atoms with Crippen molar-refractivity contribution in [1.29, 1.82) is 0 Å². The lowest BCUT2D eigenvalue weighted by atomic mass is 9.87. The predicted octanol–water partition coefficient (Wildman–Crippen LogP) is 16.9. The minimum Gasteiger partial charge on any atom is -0.743 e. The molecule has 0 amide bonds. The summed E-state index contributed by atoms with van der Waals surface area (Å²) in [4.78, 5) is 4.08. The van der Waals surface area contributed by atoms with Crippen molar-refractivity contribution < 1.29 is 66.5 Å². The summed E-state index contributed by atoms with van der Waals surface area (Å²) in [5, 5.41) is -4.64. The fourth-order valence-corrected chi connectivity index (χ4v) is 11.6. The average Bonchev–Trinajstić information content (AvgIpc) is 3.64. The van der Waals surface area contributed by atoms with Crippen molar-refractivity contribution in [1.82, 2.24) is 0 Å². The summed E-state index contributed by atoms with van der Waals surface area (Å²) in [6.07, 6.45) is 11.0. The van der Waals surface area contributed by atoms with Crippen molar-refractivity contribution in [2.24, 2.45) is 5.92 Å². The standard InChI is InChI=1S/C20H32O2.C18H15S.C13H14F6O6S2.C10H14O/c1-4-16(2)19-10-12-20(13-11-19)22-17(3)21-15-14-18-8-6-5-7-9-18;1-4-10-16(11-5-1)19(17-12-6-2-7-13-17)18-14-8-3-9-15-18;1-3-8(2)9-4-6-10(7-5-9)25-27(23,24)13(18,19)11(14,15)12(16,17)26(20,21)22;1-3-8(2)9-4-6-10(11)7-5-9/h10-13,16-18H,4-9,14-15H2,1-3H3;1-15H;4-8H,3H2,1-2H3,(H,20,21,22);4-8,11H,3H2,1-2H3/q;+1;;/p-1. The molecule has 0 heterocycles. The first-order valence-corrected chi connectivity index (χ1v) is 30.5. The van der Waals surface area contributed by atoms with E-state index in [4.69, 9.17) is 14.6 Å². The molecule has 79 heavy (non-hydrogen) atoms. The zero-order valence-electron chi connectivity index (χ0n) is 45.8. The Morgan fingerprint density at radius 1 is 0.544 bits per heavy atom. The third-order valence-electron chi connectivity index (χ3n) is 13.6. The van der Waals surface area contributed by atoms with E-state index >= 15 is 0 Å². The lowest BCUT2D eigenvalue weighted by Crippen LogP contribution is -2.61. The Morgan fingerprint density at radius 3 is 1.28 bits per heavy atom. The smallest absolute Gasteiger partial charge is 0.450 e. The topological polar surface area (TPSA) is 139 Å². The van der Waals surface area contributed by atoms with Crippen LogP contribution in [-0.4, -0.2) is 55.8 Å². The number of benzene rings is 6. The van der Waals surface area contributed by atoms with Crippen molar-refractivity contribution in [3.63, 3.8) is 0 Å². The van der Waals surface area contributed by atoms with Gasteiger partial charge in [-0.1, -0.05) is 165 Å². The minimum atomic E-state index is -7.33. The molecule has 1 saturated carbocycles. The summed E-state index contributed by atoms with van der Waals surface area (Å²) < 4.78 is 149. The Hall–Kier alpha value is -5.53. The molecule has 6 aromatic carbocycles. The number of hydrogen-bond acceptors (Lipinski definition) is 9. The molecule has 0 bridgehead atoms. The summed E-state index contributed by atoms with van der Waals surface area (Å²) in [6, 6.07) is 52.1. The molecule has 0 radical (unpaired) electrons. The molecule has 18 heteroatoms. The van der Waals surface area contributed by atoms with Crippen LogP contribution in [0.15, 0.2) is 178 Å². The average molecular weight is 1160 g/mol. The number of halogens is 6. The van der Waals surface area contributed by atoms with E-state index in [1.165, 1.54) is 82.9 Å². The number of rotatable bonds is 21. The van der Waals surface area contributed by atoms with Crippen LogP contribution in [0.3, 0.4) is 0 Å². The molecular formula is C61H74F6O9S3. The van der Waals surface area contributed by atoms with E-state index in [0.29, 0.717) is 29.6 Å². The van der Waals surface area contributed by atoms with Crippen LogP contribution in [0.25, 0.3) is 0 Å². The monoisotopic (exact) mass is 1160 g/mol. The van der Waals surface area contributed by atoms with Gasteiger partial charge in [0.1, 0.15) is 17.2 Å². The molecule has 432 valence electrons. The molecule has 1 N–H and O–H groups in total. The van der Waals surface area contributed by atoms with Crippen molar-refractivity contribution in [2.45, 2.75) is 161 Å². The zero-order valence-corrected chi connectivity index (χ0v) is 48.2. The zero-order chi connectivity index (χ0) is 58.4. The maximum Gasteiger partial charge on any atom is 0.450 e. The van der Waals surface area contributed by atoms with Gasteiger partial charge in [0.2, 0.25) is 0 Å². The second-order valence-corrected chi connectivity index (χ2v) is 24.4. The van der Waals surface area contributed by atoms with E-state index in [0.717, 1.165) is 36.8 Å². The van der Waals surface area contributed by atoms with Crippen LogP contribution in [0.2, 0.25) is 0 Å². The first-order chi connectivity index (χ1) is 37.3. The Morgan fingerprint density at radius 2 is 0.911 bits per heavy atom. The van der Waals surface area contributed by atoms with Crippen LogP contribution in [0.5, 0.6) is 17.2 Å². The fourth-order valence-electron chi connectivity index (χ4n) is 8.08. The minimum absolute atomic E-state index is 0.0146. The number of alkyl halides is 6. The second kappa shape index (κ2) is 30.9. The molecule has 1 aliphatic carbocycles. The normalized spacial score (nSPS) is 14.9. The quantitative estimate of drug-likeness (QED) is 0.0245. The third kappa shape index (κ3) is 19.0. The third-order valence-corrected chi connectivity index (χ3v) is 18.0. The van der Waals surface area contributed by atoms with Crippen LogP contribution in [0, 0.1) is 5.92 Å². The van der Waals surface area contributed by atoms with Gasteiger partial charge in [-0.3, -0.25) is 0 Å². The molecule has 0 spiro atoms. The van der Waals surface area contributed by atoms with Crippen molar-refractivity contribution in [2.75, 3.05) is 6.61 Å². The SMILES string of the molecule is CCC(C)c1ccc(O)cc1.CCC(C)c1ccc(OC(C)OCCC2CCCCC2)cc1.CCC(C)c1ccc(OS(=O)(=O)C(F)(F)C(F)(F)C(F)(F)S(=O)(=O)[O-])cc1.c1ccc([S+](c2ccccc2)c2ccccc2)cc1. The van der Waals surface area contributed by atoms with Crippen molar-refractivity contribution in [3.05, 3.63) is 180 Å². The highest BCUT2D eigenvalue weighted by Crippen LogP contribution is 2.51. The van der Waals surface area contributed by atoms with Gasteiger partial charge < -0.3 is 23.3 Å². The van der Waals surface area contributed by atoms with Gasteiger partial charge in [0, 0.05) is 0 Å². The van der Waals surface area contributed by atoms with Gasteiger partial charge in [-0.2, -0.15) is 34.8 Å². The highest BCUT2D eigenvalue weighted by molar-refractivity contribution is 7.97. The highest BCUT2D eigenvalue weighted by atomic mass is 32.2. The fraction of sp³-hybridized carbons (Fsp3) is 0.410. The van der Waals surface area contributed by atoms with Crippen LogP contribution in [-0.2, 0) is 35.9 Å². The van der Waals surface area contributed by atoms with Gasteiger partial charge in [0.25, 0.3) is 0 Å². The summed E-state index contributed by atoms with van der Waals surface area (Å²) in [6.45, 7) is 15.2. The van der Waals surface area contributed by atoms with Crippen LogP contribution in [0.1, 0.15) is 141 Å². The number of aromatic hydroxyl groups is 1. The Bertz CT molecular complexity index is 2800. The van der Waals surface area contributed by atoms with Crippen molar-refractivity contribution in [3.8, 4) is 17.2 Å². The van der Waals surface area contributed by atoms with E-state index in [-0.39, 0.29) is 23.1 Å². The van der Waals surface area contributed by atoms with Crippen LogP contribution < -0.4 is 8.92 Å². The first-order valence-electron chi connectivity index (χ1n) is 26.5. The molecule has 4 atom stereocenters.